The fourth-order valence-electron chi connectivity index (χ4n) is 12.5. The largest absolute Gasteiger partial charge is 0.507 e. The second kappa shape index (κ2) is 23.6. The topological polar surface area (TPSA) is 299 Å². The van der Waals surface area contributed by atoms with Crippen LogP contribution >= 0.6 is 0 Å². The SMILES string of the molecule is COc1c(N2CCC(NC(=O)C3CCN(C4=C5NC(=O)/C(C)=C\C=C\[C@H](C)[C@H](O)[C@@H](C)[C@@H](O)[C@@H](C)[C@H](OC(C)=O)[C@H](C)[C@@H](OC)/C=C/O[C@@]6(C)Oc7c(C)c(O)c(c(c7C6=O)C4=O)C5=O)CC3)C2)c(F)cc2c(=O)c(C(=O)O)cn(C3CC3)c12. The fourth-order valence-corrected chi connectivity index (χ4v) is 12.5. The number of aromatic carboxylic acids is 1. The molecule has 3 aromatic rings. The number of fused-ring (bicyclic) bond motifs is 15. The van der Waals surface area contributed by atoms with E-state index in [4.69, 9.17) is 23.7 Å². The first-order valence-electron chi connectivity index (χ1n) is 28.3. The Morgan fingerprint density at radius 3 is 2.18 bits per heavy atom. The standard InChI is InChI=1S/C61H72FN5O17/c1-27-12-11-13-28(2)58(76)64-44-47(65-20-16-34(17-21-65)59(77)63-35-18-22-66(25-35)46-39(62)24-37-45(56(46)81-10)67(36-14-15-36)26-38(51(37)72)60(78)79)53(74)41-42(52(44)73)50(71)32(6)55-43(41)57(75)61(8,84-55)82-23-19-40(80-9)29(3)54(83-33(7)68)31(5)49(70)30(4)48(27)69/h11-13,19,23-24,26-27,29-31,34-36,40,48-49,54,69-71H,14-18,20-22,25H2,1-10H3,(H,63,77)(H,64,76)(H,78,79)/b12-11+,23-19+,28-13-/t27-,29+,30+,31+,35?,40-,48-,49+,54+,61-/m0/s1. The number of carboxylic acid groups (broad SMARTS) is 1. The number of ether oxygens (including phenoxy) is 5. The Balaban J connectivity index is 1.01. The maximum Gasteiger partial charge on any atom is 0.341 e. The minimum atomic E-state index is -2.19. The van der Waals surface area contributed by atoms with Crippen LogP contribution in [-0.2, 0) is 28.6 Å². The number of aromatic hydroxyl groups is 1. The highest BCUT2D eigenvalue weighted by Gasteiger charge is 2.53. The van der Waals surface area contributed by atoms with Gasteiger partial charge in [0.15, 0.2) is 11.6 Å². The molecule has 2 amide bonds. The molecule has 2 saturated heterocycles. The molecular formula is C61H72FN5O17. The number of carbonyl (C=O) groups excluding carboxylic acids is 6. The van der Waals surface area contributed by atoms with E-state index in [2.05, 4.69) is 10.6 Å². The first-order chi connectivity index (χ1) is 39.7. The Morgan fingerprint density at radius 1 is 0.869 bits per heavy atom. The lowest BCUT2D eigenvalue weighted by Crippen LogP contribution is -2.47. The van der Waals surface area contributed by atoms with Gasteiger partial charge in [-0.25, -0.2) is 9.18 Å². The summed E-state index contributed by atoms with van der Waals surface area (Å²) >= 11 is 0. The molecule has 23 heteroatoms. The predicted octanol–water partition coefficient (Wildman–Crippen LogP) is 5.56. The van der Waals surface area contributed by atoms with E-state index in [-0.39, 0.29) is 94.9 Å². The number of methoxy groups -OCH3 is 2. The van der Waals surface area contributed by atoms with Crippen molar-refractivity contribution in [3.8, 4) is 17.2 Å². The maximum atomic E-state index is 16.2. The van der Waals surface area contributed by atoms with E-state index < -0.39 is 140 Å². The minimum Gasteiger partial charge on any atom is -0.507 e. The number of carbonyl (C=O) groups is 7. The van der Waals surface area contributed by atoms with E-state index in [0.29, 0.717) is 13.0 Å². The van der Waals surface area contributed by atoms with E-state index >= 15 is 14.0 Å². The number of ketones is 3. The van der Waals surface area contributed by atoms with Crippen LogP contribution in [0.3, 0.4) is 0 Å². The molecule has 3 fully saturated rings. The van der Waals surface area contributed by atoms with Crippen molar-refractivity contribution in [2.24, 2.45) is 29.6 Å². The van der Waals surface area contributed by atoms with Gasteiger partial charge in [0.25, 0.3) is 11.7 Å². The number of piperidine rings is 1. The number of aliphatic hydroxyl groups excluding tert-OH is 2. The molecule has 22 nitrogen and oxygen atoms in total. The van der Waals surface area contributed by atoms with Crippen LogP contribution in [0.25, 0.3) is 10.9 Å². The van der Waals surface area contributed by atoms with Crippen molar-refractivity contribution in [2.75, 3.05) is 45.3 Å². The molecule has 6 heterocycles. The van der Waals surface area contributed by atoms with Crippen LogP contribution < -0.4 is 30.4 Å². The molecule has 6 N–H and O–H groups in total. The number of carboxylic acids is 1. The van der Waals surface area contributed by atoms with Crippen molar-refractivity contribution in [3.63, 3.8) is 0 Å². The van der Waals surface area contributed by atoms with Gasteiger partial charge < -0.3 is 69.1 Å². The second-order valence-corrected chi connectivity index (χ2v) is 23.2. The zero-order valence-electron chi connectivity index (χ0n) is 48.6. The number of phenols is 1. The first-order valence-corrected chi connectivity index (χ1v) is 28.3. The number of esters is 1. The number of likely N-dealkylation sites (tertiary alicyclic amines) is 1. The van der Waals surface area contributed by atoms with Gasteiger partial charge in [-0.1, -0.05) is 45.9 Å². The molecule has 2 aliphatic carbocycles. The number of aromatic nitrogens is 1. The molecule has 1 aromatic heterocycles. The Morgan fingerprint density at radius 2 is 1.55 bits per heavy atom. The van der Waals surface area contributed by atoms with Crippen molar-refractivity contribution < 1.29 is 82.1 Å². The van der Waals surface area contributed by atoms with Crippen LogP contribution in [0.1, 0.15) is 134 Å². The maximum absolute atomic E-state index is 16.2. The van der Waals surface area contributed by atoms with Gasteiger partial charge in [0.05, 0.1) is 59.3 Å². The van der Waals surface area contributed by atoms with Gasteiger partial charge in [0.1, 0.15) is 40.2 Å². The number of benzene rings is 2. The number of anilines is 1. The molecule has 5 bridgehead atoms. The number of phenolic OH excluding ortho intramolecular Hbond substituents is 1. The molecule has 84 heavy (non-hydrogen) atoms. The highest BCUT2D eigenvalue weighted by molar-refractivity contribution is 6.32. The molecule has 5 aliphatic heterocycles. The minimum absolute atomic E-state index is 0.000893. The smallest absolute Gasteiger partial charge is 0.341 e. The Bertz CT molecular complexity index is 3450. The number of hydrogen-bond donors (Lipinski definition) is 6. The van der Waals surface area contributed by atoms with Crippen molar-refractivity contribution in [1.29, 1.82) is 0 Å². The lowest BCUT2D eigenvalue weighted by Gasteiger charge is -2.38. The summed E-state index contributed by atoms with van der Waals surface area (Å²) < 4.78 is 47.4. The Kier molecular flexibility index (Phi) is 17.1. The Labute approximate surface area is 483 Å². The molecule has 7 aliphatic rings. The number of allylic oxidation sites excluding steroid dienone is 4. The lowest BCUT2D eigenvalue weighted by atomic mass is 9.78. The van der Waals surface area contributed by atoms with Crippen LogP contribution in [0.5, 0.6) is 17.2 Å². The molecule has 10 rings (SSSR count). The number of amides is 2. The highest BCUT2D eigenvalue weighted by atomic mass is 19.1. The van der Waals surface area contributed by atoms with E-state index in [1.165, 1.54) is 66.3 Å². The third-order valence-electron chi connectivity index (χ3n) is 17.5. The normalized spacial score (nSPS) is 29.4. The summed E-state index contributed by atoms with van der Waals surface area (Å²) in [5.41, 5.74) is -3.15. The van der Waals surface area contributed by atoms with Gasteiger partial charge in [-0.15, -0.1) is 0 Å². The van der Waals surface area contributed by atoms with Gasteiger partial charge >= 0.3 is 17.7 Å². The third kappa shape index (κ3) is 11.0. The molecular weight excluding hydrogens is 1090 g/mol. The van der Waals surface area contributed by atoms with Crippen LogP contribution in [0, 0.1) is 42.3 Å². The molecule has 2 aromatic carbocycles. The summed E-state index contributed by atoms with van der Waals surface area (Å²) in [6, 6.07) is 0.468. The van der Waals surface area contributed by atoms with Crippen molar-refractivity contribution in [3.05, 3.63) is 104 Å². The van der Waals surface area contributed by atoms with E-state index in [1.54, 1.807) is 48.1 Å². The van der Waals surface area contributed by atoms with Gasteiger partial charge in [0, 0.05) is 106 Å². The fraction of sp³-hybridized carbons (Fsp3) is 0.508. The van der Waals surface area contributed by atoms with Crippen molar-refractivity contribution in [1.82, 2.24) is 20.1 Å². The predicted molar refractivity (Wildman–Crippen MR) is 301 cm³/mol. The Hall–Kier alpha value is -7.89. The van der Waals surface area contributed by atoms with Gasteiger partial charge in [0.2, 0.25) is 22.9 Å². The number of rotatable bonds is 9. The van der Waals surface area contributed by atoms with Crippen LogP contribution in [0.2, 0.25) is 0 Å². The monoisotopic (exact) mass is 1170 g/mol. The van der Waals surface area contributed by atoms with Crippen LogP contribution in [-0.4, -0.2) is 148 Å². The number of halogens is 1. The molecule has 10 atom stereocenters. The number of nitrogens with zero attached hydrogens (tertiary/aromatic N) is 3. The number of Topliss-reactive ketones (excluding diaryl/α,β-unsaturated/α-hetero) is 3. The van der Waals surface area contributed by atoms with Crippen LogP contribution in [0.15, 0.2) is 64.6 Å². The summed E-state index contributed by atoms with van der Waals surface area (Å²) in [5.74, 6) is -13.2. The van der Waals surface area contributed by atoms with Gasteiger partial charge in [-0.2, -0.15) is 0 Å². The number of nitrogens with one attached hydrogen (secondary N) is 2. The van der Waals surface area contributed by atoms with E-state index in [9.17, 15) is 49.2 Å². The number of pyridine rings is 1. The summed E-state index contributed by atoms with van der Waals surface area (Å²) in [5, 5.41) is 50.4. The van der Waals surface area contributed by atoms with E-state index in [0.717, 1.165) is 25.2 Å². The quantitative estimate of drug-likeness (QED) is 0.143. The molecule has 0 spiro atoms. The zero-order chi connectivity index (χ0) is 61.1. The van der Waals surface area contributed by atoms with Gasteiger partial charge in [-0.05, 0) is 58.1 Å². The summed E-state index contributed by atoms with van der Waals surface area (Å²) in [6.07, 6.45) is 6.42. The lowest BCUT2D eigenvalue weighted by molar-refractivity contribution is -0.160. The molecule has 0 radical (unpaired) electrons. The van der Waals surface area contributed by atoms with E-state index in [1.807, 2.05) is 0 Å². The number of aliphatic hydroxyl groups is 2. The van der Waals surface area contributed by atoms with Gasteiger partial charge in [-0.3, -0.25) is 33.6 Å². The molecule has 450 valence electrons. The number of hydrogen-bond acceptors (Lipinski definition) is 18. The highest BCUT2D eigenvalue weighted by Crippen LogP contribution is 2.50. The van der Waals surface area contributed by atoms with Crippen molar-refractivity contribution >= 4 is 57.7 Å². The first kappa shape index (κ1) is 60.7. The summed E-state index contributed by atoms with van der Waals surface area (Å²) in [7, 11) is 2.75. The zero-order valence-corrected chi connectivity index (χ0v) is 48.6. The van der Waals surface area contributed by atoms with Crippen LogP contribution in [0.4, 0.5) is 10.1 Å². The summed E-state index contributed by atoms with van der Waals surface area (Å²) in [6.45, 7) is 12.6. The molecule has 1 unspecified atom stereocenters. The average molecular weight is 1170 g/mol. The third-order valence-corrected chi connectivity index (χ3v) is 17.5. The average Bonchev–Trinajstić information content (AvgIpc) is 1.44. The molecule has 1 saturated carbocycles. The summed E-state index contributed by atoms with van der Waals surface area (Å²) in [4.78, 5) is 115. The van der Waals surface area contributed by atoms with Crippen molar-refractivity contribution in [2.45, 2.75) is 130 Å². The second-order valence-electron chi connectivity index (χ2n) is 23.2.